The van der Waals surface area contributed by atoms with Gasteiger partial charge in [0.05, 0.1) is 0 Å². The van der Waals surface area contributed by atoms with Gasteiger partial charge in [-0.15, -0.1) is 10.2 Å². The molecule has 3 N–H and O–H groups in total. The fourth-order valence-electron chi connectivity index (χ4n) is 2.21. The van der Waals surface area contributed by atoms with E-state index in [9.17, 15) is 9.59 Å². The van der Waals surface area contributed by atoms with Gasteiger partial charge in [-0.05, 0) is 40.5 Å². The molecule has 9 heteroatoms. The van der Waals surface area contributed by atoms with Crippen molar-refractivity contribution in [1.29, 1.82) is 0 Å². The van der Waals surface area contributed by atoms with Crippen LogP contribution in [0.4, 0.5) is 0 Å². The van der Waals surface area contributed by atoms with Crippen molar-refractivity contribution in [3.8, 4) is 11.5 Å². The molecular formula is C17H16BrN5O3. The number of nitrogens with one attached hydrogen (secondary N) is 3. The number of halogens is 1. The fraction of sp³-hybridized carbons (Fsp3) is 0.176. The highest BCUT2D eigenvalue weighted by Crippen LogP contribution is 2.17. The van der Waals surface area contributed by atoms with Crippen LogP contribution in [0.25, 0.3) is 11.5 Å². The average molecular weight is 418 g/mol. The Morgan fingerprint density at radius 2 is 1.96 bits per heavy atom. The molecule has 0 saturated carbocycles. The molecule has 0 aliphatic heterocycles. The van der Waals surface area contributed by atoms with Gasteiger partial charge < -0.3 is 9.40 Å². The quantitative estimate of drug-likeness (QED) is 0.533. The highest BCUT2D eigenvalue weighted by Gasteiger charge is 2.11. The van der Waals surface area contributed by atoms with Crippen LogP contribution in [0.2, 0.25) is 0 Å². The van der Waals surface area contributed by atoms with E-state index in [2.05, 4.69) is 42.0 Å². The third-order valence-electron chi connectivity index (χ3n) is 3.49. The van der Waals surface area contributed by atoms with Crippen LogP contribution in [0.3, 0.4) is 0 Å². The molecule has 0 bridgehead atoms. The second-order valence-electron chi connectivity index (χ2n) is 5.45. The minimum Gasteiger partial charge on any atom is -0.421 e. The Kier molecular flexibility index (Phi) is 5.80. The van der Waals surface area contributed by atoms with E-state index < -0.39 is 5.91 Å². The zero-order chi connectivity index (χ0) is 18.4. The summed E-state index contributed by atoms with van der Waals surface area (Å²) in [6, 6.07) is 11.1. The number of carbonyl (C=O) groups is 2. The second-order valence-corrected chi connectivity index (χ2v) is 6.37. The molecule has 0 aliphatic carbocycles. The van der Waals surface area contributed by atoms with E-state index in [4.69, 9.17) is 4.42 Å². The van der Waals surface area contributed by atoms with Gasteiger partial charge in [-0.2, -0.15) is 0 Å². The maximum atomic E-state index is 11.8. The molecule has 1 aromatic carbocycles. The summed E-state index contributed by atoms with van der Waals surface area (Å²) in [5.74, 6) is 0.201. The molecule has 2 heterocycles. The maximum Gasteiger partial charge on any atom is 0.286 e. The first-order chi connectivity index (χ1) is 12.6. The van der Waals surface area contributed by atoms with E-state index in [1.165, 1.54) is 0 Å². The summed E-state index contributed by atoms with van der Waals surface area (Å²) in [4.78, 5) is 26.3. The molecule has 0 spiro atoms. The van der Waals surface area contributed by atoms with Crippen molar-refractivity contribution < 1.29 is 14.0 Å². The summed E-state index contributed by atoms with van der Waals surface area (Å²) in [6.45, 7) is 0. The van der Waals surface area contributed by atoms with Crippen molar-refractivity contribution in [2.24, 2.45) is 0 Å². The van der Waals surface area contributed by atoms with Crippen LogP contribution < -0.4 is 10.9 Å². The summed E-state index contributed by atoms with van der Waals surface area (Å²) in [5, 5.41) is 7.98. The Balaban J connectivity index is 1.40. The first-order valence-corrected chi connectivity index (χ1v) is 8.72. The summed E-state index contributed by atoms with van der Waals surface area (Å²) in [6.07, 6.45) is 2.85. The standard InChI is InChI=1S/C17H16BrN5O3/c18-12-9-13(19-10-12)16(25)22-20-14(24)7-4-8-15-21-23-17(26-15)11-5-2-1-3-6-11/h1-3,5-6,9-10,19H,4,7-8H2,(H,20,24)(H,22,25). The Hall–Kier alpha value is -2.94. The lowest BCUT2D eigenvalue weighted by Gasteiger charge is -2.05. The number of carbonyl (C=O) groups excluding carboxylic acids is 2. The first kappa shape index (κ1) is 17.9. The van der Waals surface area contributed by atoms with Crippen LogP contribution >= 0.6 is 15.9 Å². The number of benzene rings is 1. The Bertz CT molecular complexity index is 891. The largest absolute Gasteiger partial charge is 0.421 e. The predicted octanol–water partition coefficient (Wildman–Crippen LogP) is 2.61. The molecular weight excluding hydrogens is 402 g/mol. The number of aromatic amines is 1. The van der Waals surface area contributed by atoms with Crippen molar-refractivity contribution in [3.63, 3.8) is 0 Å². The summed E-state index contributed by atoms with van der Waals surface area (Å²) in [5.41, 5.74) is 5.91. The zero-order valence-corrected chi connectivity index (χ0v) is 15.2. The van der Waals surface area contributed by atoms with Crippen molar-refractivity contribution in [2.75, 3.05) is 0 Å². The van der Waals surface area contributed by atoms with Crippen LogP contribution in [0.15, 0.2) is 51.5 Å². The lowest BCUT2D eigenvalue weighted by molar-refractivity contribution is -0.121. The Morgan fingerprint density at radius 3 is 2.69 bits per heavy atom. The number of H-pyrrole nitrogens is 1. The van der Waals surface area contributed by atoms with E-state index in [1.54, 1.807) is 12.3 Å². The molecule has 8 nitrogen and oxygen atoms in total. The molecule has 26 heavy (non-hydrogen) atoms. The van der Waals surface area contributed by atoms with Crippen LogP contribution in [-0.4, -0.2) is 27.0 Å². The topological polar surface area (TPSA) is 113 Å². The monoisotopic (exact) mass is 417 g/mol. The van der Waals surface area contributed by atoms with Gasteiger partial charge in [0, 0.05) is 29.1 Å². The summed E-state index contributed by atoms with van der Waals surface area (Å²) in [7, 11) is 0. The fourth-order valence-corrected chi connectivity index (χ4v) is 2.55. The van der Waals surface area contributed by atoms with Crippen LogP contribution in [0, 0.1) is 0 Å². The van der Waals surface area contributed by atoms with E-state index in [0.717, 1.165) is 10.0 Å². The molecule has 134 valence electrons. The molecule has 0 unspecified atom stereocenters. The molecule has 3 aromatic rings. The minimum absolute atomic E-state index is 0.220. The van der Waals surface area contributed by atoms with Crippen LogP contribution in [-0.2, 0) is 11.2 Å². The summed E-state index contributed by atoms with van der Waals surface area (Å²) >= 11 is 3.23. The van der Waals surface area contributed by atoms with Gasteiger partial charge in [0.2, 0.25) is 17.7 Å². The van der Waals surface area contributed by atoms with Crippen LogP contribution in [0.5, 0.6) is 0 Å². The van der Waals surface area contributed by atoms with Gasteiger partial charge >= 0.3 is 0 Å². The molecule has 0 atom stereocenters. The lowest BCUT2D eigenvalue weighted by Crippen LogP contribution is -2.41. The van der Waals surface area contributed by atoms with Gasteiger partial charge in [0.25, 0.3) is 5.91 Å². The average Bonchev–Trinajstić information content (AvgIpc) is 3.30. The second kappa shape index (κ2) is 8.43. The maximum absolute atomic E-state index is 11.8. The van der Waals surface area contributed by atoms with E-state index >= 15 is 0 Å². The smallest absolute Gasteiger partial charge is 0.286 e. The number of hydrazine groups is 1. The SMILES string of the molecule is O=C(CCCc1nnc(-c2ccccc2)o1)NNC(=O)c1cc(Br)c[nH]1. The molecule has 2 aromatic heterocycles. The molecule has 0 saturated heterocycles. The highest BCUT2D eigenvalue weighted by atomic mass is 79.9. The van der Waals surface area contributed by atoms with Crippen molar-refractivity contribution in [2.45, 2.75) is 19.3 Å². The number of aromatic nitrogens is 3. The van der Waals surface area contributed by atoms with Gasteiger partial charge in [-0.3, -0.25) is 20.4 Å². The number of aryl methyl sites for hydroxylation is 1. The third kappa shape index (κ3) is 4.79. The van der Waals surface area contributed by atoms with Gasteiger partial charge in [0.15, 0.2) is 0 Å². The van der Waals surface area contributed by atoms with Gasteiger partial charge in [-0.1, -0.05) is 18.2 Å². The molecule has 0 aliphatic rings. The number of hydrogen-bond donors (Lipinski definition) is 3. The number of hydrogen-bond acceptors (Lipinski definition) is 5. The molecule has 2 amide bonds. The zero-order valence-electron chi connectivity index (χ0n) is 13.7. The van der Waals surface area contributed by atoms with Crippen LogP contribution in [0.1, 0.15) is 29.2 Å². The van der Waals surface area contributed by atoms with E-state index in [-0.39, 0.29) is 12.3 Å². The highest BCUT2D eigenvalue weighted by molar-refractivity contribution is 9.10. The summed E-state index contributed by atoms with van der Waals surface area (Å²) < 4.78 is 6.33. The van der Waals surface area contributed by atoms with Gasteiger partial charge in [0.1, 0.15) is 5.69 Å². The van der Waals surface area contributed by atoms with E-state index in [1.807, 2.05) is 30.3 Å². The number of rotatable bonds is 6. The van der Waals surface area contributed by atoms with E-state index in [0.29, 0.717) is 30.3 Å². The van der Waals surface area contributed by atoms with Crippen molar-refractivity contribution in [1.82, 2.24) is 26.0 Å². The predicted molar refractivity (Wildman–Crippen MR) is 96.8 cm³/mol. The molecule has 3 rings (SSSR count). The lowest BCUT2D eigenvalue weighted by atomic mass is 10.2. The third-order valence-corrected chi connectivity index (χ3v) is 3.95. The number of nitrogens with zero attached hydrogens (tertiary/aromatic N) is 2. The van der Waals surface area contributed by atoms with Gasteiger partial charge in [-0.25, -0.2) is 0 Å². The van der Waals surface area contributed by atoms with Crippen molar-refractivity contribution >= 4 is 27.7 Å². The number of amides is 2. The normalized spacial score (nSPS) is 10.5. The minimum atomic E-state index is -0.423. The Morgan fingerprint density at radius 1 is 1.15 bits per heavy atom. The molecule has 0 fully saturated rings. The van der Waals surface area contributed by atoms with Crippen molar-refractivity contribution in [3.05, 3.63) is 58.7 Å². The first-order valence-electron chi connectivity index (χ1n) is 7.93. The molecule has 0 radical (unpaired) electrons. The Labute approximate surface area is 157 Å².